The number of carbonyl (C=O) groups is 1. The van der Waals surface area contributed by atoms with Crippen molar-refractivity contribution in [3.8, 4) is 23.3 Å². The molecule has 0 spiro atoms. The Labute approximate surface area is 201 Å². The third-order valence-electron chi connectivity index (χ3n) is 5.52. The topological polar surface area (TPSA) is 138 Å². The van der Waals surface area contributed by atoms with Crippen molar-refractivity contribution in [3.63, 3.8) is 0 Å². The van der Waals surface area contributed by atoms with Gasteiger partial charge in [-0.2, -0.15) is 5.26 Å². The van der Waals surface area contributed by atoms with E-state index in [1.54, 1.807) is 36.4 Å². The number of nitro benzene ring substituents is 1. The standard InChI is InChI=1S/C26H21N3O6/c1-2-16-6-8-19(9-7-16)33-15-24(30)34-20-10-11-21-23(13-20)35-26(28)22(14-27)25(21)17-4-3-5-18(12-17)29(31)32/h3-13,25H,2,15,28H2,1H3. The second-order valence-corrected chi connectivity index (χ2v) is 7.74. The molecule has 1 unspecified atom stereocenters. The zero-order chi connectivity index (χ0) is 24.9. The lowest BCUT2D eigenvalue weighted by Crippen LogP contribution is -2.21. The maximum Gasteiger partial charge on any atom is 0.349 e. The van der Waals surface area contributed by atoms with Crippen LogP contribution in [0.2, 0.25) is 0 Å². The van der Waals surface area contributed by atoms with E-state index in [1.807, 2.05) is 25.1 Å². The highest BCUT2D eigenvalue weighted by molar-refractivity contribution is 5.74. The molecule has 0 amide bonds. The first-order valence-electron chi connectivity index (χ1n) is 10.8. The van der Waals surface area contributed by atoms with E-state index in [1.165, 1.54) is 18.2 Å². The SMILES string of the molecule is CCc1ccc(OCC(=O)Oc2ccc3c(c2)OC(N)=C(C#N)C3c2cccc([N+](=O)[O-])c2)cc1. The van der Waals surface area contributed by atoms with Gasteiger partial charge in [-0.05, 0) is 35.7 Å². The Balaban J connectivity index is 1.54. The van der Waals surface area contributed by atoms with E-state index >= 15 is 0 Å². The van der Waals surface area contributed by atoms with Crippen molar-refractivity contribution in [2.24, 2.45) is 5.73 Å². The number of nitriles is 1. The van der Waals surface area contributed by atoms with Gasteiger partial charge in [0.05, 0.1) is 10.8 Å². The summed E-state index contributed by atoms with van der Waals surface area (Å²) >= 11 is 0. The van der Waals surface area contributed by atoms with Gasteiger partial charge in [0.15, 0.2) is 6.61 Å². The third-order valence-corrected chi connectivity index (χ3v) is 5.52. The number of hydrogen-bond donors (Lipinski definition) is 1. The smallest absolute Gasteiger partial charge is 0.349 e. The number of non-ortho nitro benzene ring substituents is 1. The molecule has 9 nitrogen and oxygen atoms in total. The fourth-order valence-electron chi connectivity index (χ4n) is 3.78. The lowest BCUT2D eigenvalue weighted by atomic mass is 9.83. The lowest BCUT2D eigenvalue weighted by Gasteiger charge is -2.26. The number of carbonyl (C=O) groups excluding carboxylic acids is 1. The van der Waals surface area contributed by atoms with Gasteiger partial charge < -0.3 is 19.9 Å². The number of ether oxygens (including phenoxy) is 3. The number of aryl methyl sites for hydroxylation is 1. The summed E-state index contributed by atoms with van der Waals surface area (Å²) in [5, 5.41) is 20.9. The molecular formula is C26H21N3O6. The molecule has 0 bridgehead atoms. The summed E-state index contributed by atoms with van der Waals surface area (Å²) in [6.07, 6.45) is 0.903. The highest BCUT2D eigenvalue weighted by Gasteiger charge is 2.32. The Hall–Kier alpha value is -4.84. The van der Waals surface area contributed by atoms with Crippen molar-refractivity contribution in [1.29, 1.82) is 5.26 Å². The Morgan fingerprint density at radius 3 is 2.57 bits per heavy atom. The second kappa shape index (κ2) is 9.97. The summed E-state index contributed by atoms with van der Waals surface area (Å²) in [5.41, 5.74) is 8.23. The first kappa shape index (κ1) is 23.3. The summed E-state index contributed by atoms with van der Waals surface area (Å²) in [5.74, 6) is -0.391. The van der Waals surface area contributed by atoms with Gasteiger partial charge >= 0.3 is 5.97 Å². The van der Waals surface area contributed by atoms with E-state index in [0.717, 1.165) is 12.0 Å². The number of nitrogens with zero attached hydrogens (tertiary/aromatic N) is 2. The van der Waals surface area contributed by atoms with Crippen LogP contribution in [0.4, 0.5) is 5.69 Å². The summed E-state index contributed by atoms with van der Waals surface area (Å²) < 4.78 is 16.5. The third kappa shape index (κ3) is 5.07. The first-order valence-corrected chi connectivity index (χ1v) is 10.8. The first-order chi connectivity index (χ1) is 16.9. The molecule has 0 saturated carbocycles. The molecule has 0 radical (unpaired) electrons. The number of nitro groups is 1. The Morgan fingerprint density at radius 1 is 1.14 bits per heavy atom. The number of fused-ring (bicyclic) bond motifs is 1. The van der Waals surface area contributed by atoms with Crippen LogP contribution in [0.5, 0.6) is 17.2 Å². The monoisotopic (exact) mass is 471 g/mol. The average Bonchev–Trinajstić information content (AvgIpc) is 2.87. The van der Waals surface area contributed by atoms with Crippen molar-refractivity contribution >= 4 is 11.7 Å². The van der Waals surface area contributed by atoms with E-state index in [4.69, 9.17) is 19.9 Å². The van der Waals surface area contributed by atoms with Gasteiger partial charge in [0.1, 0.15) is 28.9 Å². The van der Waals surface area contributed by atoms with E-state index in [2.05, 4.69) is 0 Å². The number of nitrogens with two attached hydrogens (primary N) is 1. The molecular weight excluding hydrogens is 450 g/mol. The van der Waals surface area contributed by atoms with Crippen molar-refractivity contribution in [2.45, 2.75) is 19.3 Å². The molecule has 1 aliphatic heterocycles. The van der Waals surface area contributed by atoms with Crippen LogP contribution in [-0.4, -0.2) is 17.5 Å². The number of allylic oxidation sites excluding steroid dienone is 1. The largest absolute Gasteiger partial charge is 0.482 e. The van der Waals surface area contributed by atoms with Gasteiger partial charge in [0, 0.05) is 23.8 Å². The summed E-state index contributed by atoms with van der Waals surface area (Å²) in [4.78, 5) is 23.0. The van der Waals surface area contributed by atoms with Crippen molar-refractivity contribution in [1.82, 2.24) is 0 Å². The quantitative estimate of drug-likeness (QED) is 0.232. The van der Waals surface area contributed by atoms with Crippen LogP contribution >= 0.6 is 0 Å². The van der Waals surface area contributed by atoms with Crippen molar-refractivity contribution in [3.05, 3.63) is 105 Å². The minimum absolute atomic E-state index is 0.110. The van der Waals surface area contributed by atoms with Crippen LogP contribution in [0.15, 0.2) is 78.2 Å². The van der Waals surface area contributed by atoms with Crippen molar-refractivity contribution in [2.75, 3.05) is 6.61 Å². The molecule has 3 aromatic carbocycles. The molecule has 1 atom stereocenters. The maximum absolute atomic E-state index is 12.3. The van der Waals surface area contributed by atoms with Crippen LogP contribution in [0.25, 0.3) is 0 Å². The minimum atomic E-state index is -0.678. The summed E-state index contributed by atoms with van der Waals surface area (Å²) in [6, 6.07) is 20.1. The van der Waals surface area contributed by atoms with E-state index in [-0.39, 0.29) is 35.2 Å². The molecule has 3 aromatic rings. The van der Waals surface area contributed by atoms with E-state index in [0.29, 0.717) is 16.9 Å². The fraction of sp³-hybridized carbons (Fsp3) is 0.154. The Kier molecular flexibility index (Phi) is 6.64. The minimum Gasteiger partial charge on any atom is -0.482 e. The van der Waals surface area contributed by atoms with Crippen LogP contribution < -0.4 is 19.9 Å². The Morgan fingerprint density at radius 2 is 1.89 bits per heavy atom. The van der Waals surface area contributed by atoms with E-state index < -0.39 is 16.8 Å². The second-order valence-electron chi connectivity index (χ2n) is 7.74. The predicted molar refractivity (Wildman–Crippen MR) is 126 cm³/mol. The molecule has 0 aliphatic carbocycles. The van der Waals surface area contributed by atoms with Gasteiger partial charge in [-0.25, -0.2) is 4.79 Å². The van der Waals surface area contributed by atoms with E-state index in [9.17, 15) is 20.2 Å². The molecule has 2 N–H and O–H groups in total. The van der Waals surface area contributed by atoms with Crippen LogP contribution in [0.3, 0.4) is 0 Å². The number of rotatable bonds is 7. The molecule has 4 rings (SSSR count). The van der Waals surface area contributed by atoms with Gasteiger partial charge in [0.25, 0.3) is 5.69 Å². The number of esters is 1. The molecule has 176 valence electrons. The summed E-state index contributed by atoms with van der Waals surface area (Å²) in [6.45, 7) is 1.76. The fourth-order valence-corrected chi connectivity index (χ4v) is 3.78. The lowest BCUT2D eigenvalue weighted by molar-refractivity contribution is -0.384. The Bertz CT molecular complexity index is 1360. The van der Waals surface area contributed by atoms with Gasteiger partial charge in [-0.3, -0.25) is 10.1 Å². The molecule has 9 heteroatoms. The summed E-state index contributed by atoms with van der Waals surface area (Å²) in [7, 11) is 0. The molecule has 1 heterocycles. The predicted octanol–water partition coefficient (Wildman–Crippen LogP) is 4.36. The van der Waals surface area contributed by atoms with Crippen LogP contribution in [-0.2, 0) is 11.2 Å². The normalized spacial score (nSPS) is 14.3. The van der Waals surface area contributed by atoms with Crippen LogP contribution in [0, 0.1) is 21.4 Å². The zero-order valence-electron chi connectivity index (χ0n) is 18.8. The zero-order valence-corrected chi connectivity index (χ0v) is 18.8. The van der Waals surface area contributed by atoms with Gasteiger partial charge in [-0.15, -0.1) is 0 Å². The highest BCUT2D eigenvalue weighted by Crippen LogP contribution is 2.43. The average molecular weight is 471 g/mol. The molecule has 1 aliphatic rings. The van der Waals surface area contributed by atoms with Gasteiger partial charge in [-0.1, -0.05) is 37.3 Å². The highest BCUT2D eigenvalue weighted by atomic mass is 16.6. The van der Waals surface area contributed by atoms with Gasteiger partial charge in [0.2, 0.25) is 5.88 Å². The molecule has 0 aromatic heterocycles. The molecule has 0 fully saturated rings. The molecule has 0 saturated heterocycles. The van der Waals surface area contributed by atoms with Crippen molar-refractivity contribution < 1.29 is 23.9 Å². The number of hydrogen-bond acceptors (Lipinski definition) is 8. The maximum atomic E-state index is 12.3. The van der Waals surface area contributed by atoms with Crippen LogP contribution in [0.1, 0.15) is 29.5 Å². The number of benzene rings is 3. The molecule has 35 heavy (non-hydrogen) atoms.